The number of nitrogens with one attached hydrogen (secondary N) is 2. The van der Waals surface area contributed by atoms with Gasteiger partial charge in [-0.05, 0) is 6.92 Å². The summed E-state index contributed by atoms with van der Waals surface area (Å²) in [6, 6.07) is 0. The van der Waals surface area contributed by atoms with Crippen LogP contribution in [0.3, 0.4) is 0 Å². The Balaban J connectivity index is 2.79. The van der Waals surface area contributed by atoms with Gasteiger partial charge in [-0.3, -0.25) is 9.59 Å². The molecule has 0 aromatic heterocycles. The topological polar surface area (TPSA) is 70.6 Å². The van der Waals surface area contributed by atoms with Crippen LogP contribution in [0.1, 0.15) is 6.92 Å². The van der Waals surface area contributed by atoms with Crippen molar-refractivity contribution < 1.29 is 9.59 Å². The summed E-state index contributed by atoms with van der Waals surface area (Å²) in [4.78, 5) is 22.2. The fraction of sp³-hybridized carbons (Fsp3) is 0.571. The lowest BCUT2D eigenvalue weighted by molar-refractivity contribution is -0.124. The zero-order chi connectivity index (χ0) is 9.14. The second kappa shape index (κ2) is 3.34. The highest BCUT2D eigenvalue weighted by atomic mass is 16.2. The molecule has 1 amide bonds. The maximum Gasteiger partial charge on any atom is 0.236 e. The number of hydrogen-bond donors (Lipinski definition) is 2. The number of hydrazone groups is 1. The van der Waals surface area contributed by atoms with Gasteiger partial charge in [0.2, 0.25) is 5.91 Å². The van der Waals surface area contributed by atoms with E-state index in [1.165, 1.54) is 0 Å². The number of ketones is 1. The normalized spacial score (nSPS) is 24.2. The smallest absolute Gasteiger partial charge is 0.236 e. The van der Waals surface area contributed by atoms with E-state index in [0.717, 1.165) is 0 Å². The van der Waals surface area contributed by atoms with Crippen molar-refractivity contribution in [3.8, 4) is 0 Å². The molecule has 1 aliphatic heterocycles. The van der Waals surface area contributed by atoms with Crippen LogP contribution < -0.4 is 10.7 Å². The number of carbonyl (C=O) groups is 2. The number of rotatable bonds is 2. The van der Waals surface area contributed by atoms with E-state index in [1.807, 2.05) is 0 Å². The minimum atomic E-state index is -0.683. The molecule has 1 fully saturated rings. The van der Waals surface area contributed by atoms with Gasteiger partial charge in [0.15, 0.2) is 5.78 Å². The lowest BCUT2D eigenvalue weighted by Crippen LogP contribution is -2.27. The SMILES string of the molecule is CNN=C(C)C1C(=O)CNC1=O. The van der Waals surface area contributed by atoms with Crippen molar-refractivity contribution in [2.45, 2.75) is 6.92 Å². The molecular formula is C7H11N3O2. The first-order chi connectivity index (χ1) is 5.66. The average Bonchev–Trinajstić information content (AvgIpc) is 2.32. The Morgan fingerprint density at radius 3 is 2.75 bits per heavy atom. The van der Waals surface area contributed by atoms with Gasteiger partial charge in [0.05, 0.1) is 12.3 Å². The van der Waals surface area contributed by atoms with Gasteiger partial charge in [0.1, 0.15) is 5.92 Å². The molecule has 0 aromatic carbocycles. The van der Waals surface area contributed by atoms with E-state index in [0.29, 0.717) is 5.71 Å². The predicted molar refractivity (Wildman–Crippen MR) is 43.7 cm³/mol. The maximum absolute atomic E-state index is 11.1. The van der Waals surface area contributed by atoms with Gasteiger partial charge in [-0.2, -0.15) is 5.10 Å². The Labute approximate surface area is 70.2 Å². The van der Waals surface area contributed by atoms with Crippen molar-refractivity contribution in [2.24, 2.45) is 11.0 Å². The standard InChI is InChI=1S/C7H11N3O2/c1-4(10-8-2)6-5(11)3-9-7(6)12/h6,8H,3H2,1-2H3,(H,9,12). The molecule has 66 valence electrons. The van der Waals surface area contributed by atoms with Gasteiger partial charge in [0.25, 0.3) is 0 Å². The second-order valence-corrected chi connectivity index (χ2v) is 2.59. The van der Waals surface area contributed by atoms with Gasteiger partial charge in [-0.1, -0.05) is 0 Å². The van der Waals surface area contributed by atoms with E-state index in [2.05, 4.69) is 15.8 Å². The maximum atomic E-state index is 11.1. The van der Waals surface area contributed by atoms with Crippen LogP contribution in [0.4, 0.5) is 0 Å². The highest BCUT2D eigenvalue weighted by Gasteiger charge is 2.34. The van der Waals surface area contributed by atoms with E-state index < -0.39 is 5.92 Å². The molecule has 1 aliphatic rings. The van der Waals surface area contributed by atoms with Crippen LogP contribution in [-0.4, -0.2) is 31.0 Å². The summed E-state index contributed by atoms with van der Waals surface area (Å²) >= 11 is 0. The molecule has 0 aromatic rings. The molecule has 1 saturated heterocycles. The van der Waals surface area contributed by atoms with Crippen molar-refractivity contribution in [1.29, 1.82) is 0 Å². The third-order valence-electron chi connectivity index (χ3n) is 1.73. The third-order valence-corrected chi connectivity index (χ3v) is 1.73. The molecule has 0 spiro atoms. The van der Waals surface area contributed by atoms with Crippen LogP contribution >= 0.6 is 0 Å². The summed E-state index contributed by atoms with van der Waals surface area (Å²) in [7, 11) is 1.63. The molecule has 5 heteroatoms. The number of nitrogens with zero attached hydrogens (tertiary/aromatic N) is 1. The van der Waals surface area contributed by atoms with Gasteiger partial charge >= 0.3 is 0 Å². The van der Waals surface area contributed by atoms with Gasteiger partial charge < -0.3 is 10.7 Å². The highest BCUT2D eigenvalue weighted by Crippen LogP contribution is 2.07. The van der Waals surface area contributed by atoms with Crippen molar-refractivity contribution in [2.75, 3.05) is 13.6 Å². The first kappa shape index (κ1) is 8.70. The number of Topliss-reactive ketones (excluding diaryl/α,β-unsaturated/α-hetero) is 1. The van der Waals surface area contributed by atoms with Crippen molar-refractivity contribution in [3.63, 3.8) is 0 Å². The second-order valence-electron chi connectivity index (χ2n) is 2.59. The predicted octanol–water partition coefficient (Wildman–Crippen LogP) is -1.10. The molecule has 12 heavy (non-hydrogen) atoms. The third kappa shape index (κ3) is 1.44. The van der Waals surface area contributed by atoms with E-state index in [1.54, 1.807) is 14.0 Å². The van der Waals surface area contributed by atoms with Gasteiger partial charge in [-0.15, -0.1) is 0 Å². The van der Waals surface area contributed by atoms with E-state index in [9.17, 15) is 9.59 Å². The summed E-state index contributed by atoms with van der Waals surface area (Å²) in [5.74, 6) is -1.05. The van der Waals surface area contributed by atoms with E-state index >= 15 is 0 Å². The van der Waals surface area contributed by atoms with Crippen LogP contribution in [0, 0.1) is 5.92 Å². The minimum Gasteiger partial charge on any atom is -0.348 e. The highest BCUT2D eigenvalue weighted by molar-refractivity contribution is 6.23. The summed E-state index contributed by atoms with van der Waals surface area (Å²) < 4.78 is 0. The summed E-state index contributed by atoms with van der Waals surface area (Å²) in [6.45, 7) is 1.78. The first-order valence-corrected chi connectivity index (χ1v) is 3.68. The molecule has 1 unspecified atom stereocenters. The molecule has 1 heterocycles. The molecule has 0 saturated carbocycles. The quantitative estimate of drug-likeness (QED) is 0.313. The monoisotopic (exact) mass is 169 g/mol. The summed E-state index contributed by atoms with van der Waals surface area (Å²) in [5, 5.41) is 6.25. The van der Waals surface area contributed by atoms with E-state index in [-0.39, 0.29) is 18.2 Å². The Morgan fingerprint density at radius 2 is 2.33 bits per heavy atom. The molecule has 5 nitrogen and oxygen atoms in total. The lowest BCUT2D eigenvalue weighted by atomic mass is 10.0. The van der Waals surface area contributed by atoms with Crippen molar-refractivity contribution in [1.82, 2.24) is 10.7 Å². The van der Waals surface area contributed by atoms with Crippen molar-refractivity contribution >= 4 is 17.4 Å². The number of hydrogen-bond acceptors (Lipinski definition) is 4. The molecule has 0 radical (unpaired) electrons. The largest absolute Gasteiger partial charge is 0.348 e. The lowest BCUT2D eigenvalue weighted by Gasteiger charge is -2.03. The molecule has 2 N–H and O–H groups in total. The zero-order valence-electron chi connectivity index (χ0n) is 7.05. The minimum absolute atomic E-state index is 0.114. The summed E-state index contributed by atoms with van der Waals surface area (Å²) in [5.41, 5.74) is 3.05. The molecule has 1 rings (SSSR count). The van der Waals surface area contributed by atoms with Gasteiger partial charge in [0, 0.05) is 7.05 Å². The zero-order valence-corrected chi connectivity index (χ0v) is 7.05. The van der Waals surface area contributed by atoms with E-state index in [4.69, 9.17) is 0 Å². The average molecular weight is 169 g/mol. The molecule has 0 aliphatic carbocycles. The Bertz CT molecular complexity index is 231. The summed E-state index contributed by atoms with van der Waals surface area (Å²) in [6.07, 6.45) is 0. The number of carbonyl (C=O) groups excluding carboxylic acids is 2. The Hall–Kier alpha value is -1.39. The fourth-order valence-corrected chi connectivity index (χ4v) is 1.19. The molecule has 1 atom stereocenters. The van der Waals surface area contributed by atoms with Crippen LogP contribution in [0.15, 0.2) is 5.10 Å². The van der Waals surface area contributed by atoms with Crippen molar-refractivity contribution in [3.05, 3.63) is 0 Å². The van der Waals surface area contributed by atoms with Crippen LogP contribution in [0.2, 0.25) is 0 Å². The molecular weight excluding hydrogens is 158 g/mol. The Morgan fingerprint density at radius 1 is 1.67 bits per heavy atom. The number of amides is 1. The first-order valence-electron chi connectivity index (χ1n) is 3.68. The molecule has 0 bridgehead atoms. The van der Waals surface area contributed by atoms with Crippen LogP contribution in [0.5, 0.6) is 0 Å². The van der Waals surface area contributed by atoms with Crippen LogP contribution in [-0.2, 0) is 9.59 Å². The Kier molecular flexibility index (Phi) is 2.42. The van der Waals surface area contributed by atoms with Gasteiger partial charge in [-0.25, -0.2) is 0 Å². The fourth-order valence-electron chi connectivity index (χ4n) is 1.19. The van der Waals surface area contributed by atoms with Crippen LogP contribution in [0.25, 0.3) is 0 Å².